The van der Waals surface area contributed by atoms with E-state index in [9.17, 15) is 4.79 Å². The van der Waals surface area contributed by atoms with Crippen molar-refractivity contribution in [3.63, 3.8) is 0 Å². The summed E-state index contributed by atoms with van der Waals surface area (Å²) >= 11 is 1.71. The number of H-pyrrole nitrogens is 1. The number of rotatable bonds is 4. The topological polar surface area (TPSA) is 57.8 Å². The van der Waals surface area contributed by atoms with Crippen LogP contribution in [0.15, 0.2) is 35.7 Å². The highest BCUT2D eigenvalue weighted by Gasteiger charge is 2.16. The number of hydrogen-bond donors (Lipinski definition) is 2. The van der Waals surface area contributed by atoms with Crippen LogP contribution in [0.2, 0.25) is 0 Å². The van der Waals surface area contributed by atoms with E-state index < -0.39 is 0 Å². The van der Waals surface area contributed by atoms with Crippen molar-refractivity contribution in [1.82, 2.24) is 15.5 Å². The highest BCUT2D eigenvalue weighted by molar-refractivity contribution is 7.09. The minimum absolute atomic E-state index is 0.0766. The van der Waals surface area contributed by atoms with E-state index in [-0.39, 0.29) is 11.9 Å². The number of aromatic amines is 1. The van der Waals surface area contributed by atoms with Crippen LogP contribution in [-0.2, 0) is 6.42 Å². The number of carbonyl (C=O) groups excluding carboxylic acids is 1. The van der Waals surface area contributed by atoms with E-state index in [2.05, 4.69) is 21.6 Å². The van der Waals surface area contributed by atoms with Gasteiger partial charge in [0.2, 0.25) is 0 Å². The van der Waals surface area contributed by atoms with Crippen LogP contribution >= 0.6 is 11.3 Å². The Labute approximate surface area is 127 Å². The third kappa shape index (κ3) is 2.97. The molecule has 0 fully saturated rings. The van der Waals surface area contributed by atoms with Crippen LogP contribution in [0.4, 0.5) is 0 Å². The van der Waals surface area contributed by atoms with Crippen LogP contribution < -0.4 is 5.32 Å². The lowest BCUT2D eigenvalue weighted by Gasteiger charge is -2.11. The summed E-state index contributed by atoms with van der Waals surface area (Å²) in [6, 6.07) is 10.1. The van der Waals surface area contributed by atoms with Gasteiger partial charge in [-0.15, -0.1) is 11.3 Å². The first-order valence-corrected chi connectivity index (χ1v) is 7.79. The summed E-state index contributed by atoms with van der Waals surface area (Å²) in [5.74, 6) is -0.129. The Bertz CT molecular complexity index is 761. The lowest BCUT2D eigenvalue weighted by Crippen LogP contribution is -2.34. The molecule has 108 valence electrons. The van der Waals surface area contributed by atoms with Crippen molar-refractivity contribution in [3.8, 4) is 0 Å². The highest BCUT2D eigenvalue weighted by Crippen LogP contribution is 2.18. The van der Waals surface area contributed by atoms with Gasteiger partial charge in [-0.05, 0) is 37.4 Å². The zero-order valence-corrected chi connectivity index (χ0v) is 12.8. The van der Waals surface area contributed by atoms with E-state index in [0.29, 0.717) is 5.69 Å². The number of nitrogens with zero attached hydrogens (tertiary/aromatic N) is 1. The Hall–Kier alpha value is -2.14. The summed E-state index contributed by atoms with van der Waals surface area (Å²) in [4.78, 5) is 13.6. The molecule has 0 bridgehead atoms. The molecule has 3 aromatic rings. The number of aromatic nitrogens is 2. The minimum Gasteiger partial charge on any atom is -0.348 e. The number of fused-ring (bicyclic) bond motifs is 1. The van der Waals surface area contributed by atoms with Gasteiger partial charge in [-0.2, -0.15) is 5.10 Å². The molecular formula is C16H17N3OS. The van der Waals surface area contributed by atoms with Gasteiger partial charge in [-0.3, -0.25) is 9.89 Å². The molecule has 2 heterocycles. The summed E-state index contributed by atoms with van der Waals surface area (Å²) in [6.07, 6.45) is 0.838. The molecule has 1 amide bonds. The maximum Gasteiger partial charge on any atom is 0.272 e. The number of benzene rings is 1. The fourth-order valence-corrected chi connectivity index (χ4v) is 3.21. The fraction of sp³-hybridized carbons (Fsp3) is 0.250. The number of amides is 1. The Morgan fingerprint density at radius 2 is 2.29 bits per heavy atom. The summed E-state index contributed by atoms with van der Waals surface area (Å²) < 4.78 is 0. The Morgan fingerprint density at radius 3 is 3.05 bits per heavy atom. The van der Waals surface area contributed by atoms with Gasteiger partial charge >= 0.3 is 0 Å². The quantitative estimate of drug-likeness (QED) is 0.776. The number of carbonyl (C=O) groups is 1. The molecule has 0 radical (unpaired) electrons. The van der Waals surface area contributed by atoms with Gasteiger partial charge in [0.15, 0.2) is 5.69 Å². The summed E-state index contributed by atoms with van der Waals surface area (Å²) in [7, 11) is 0. The Balaban J connectivity index is 1.76. The molecule has 0 aliphatic heterocycles. The average Bonchev–Trinajstić information content (AvgIpc) is 3.07. The van der Waals surface area contributed by atoms with Crippen molar-refractivity contribution in [2.45, 2.75) is 26.3 Å². The smallest absolute Gasteiger partial charge is 0.272 e. The second kappa shape index (κ2) is 5.69. The van der Waals surface area contributed by atoms with Crippen molar-refractivity contribution < 1.29 is 4.79 Å². The molecule has 3 rings (SSSR count). The molecule has 2 aromatic heterocycles. The molecule has 1 aromatic carbocycles. The zero-order chi connectivity index (χ0) is 14.8. The number of thiophene rings is 1. The molecule has 0 saturated carbocycles. The number of hydrogen-bond acceptors (Lipinski definition) is 3. The van der Waals surface area contributed by atoms with Gasteiger partial charge in [0, 0.05) is 22.7 Å². The van der Waals surface area contributed by atoms with Gasteiger partial charge < -0.3 is 5.32 Å². The van der Waals surface area contributed by atoms with Crippen LogP contribution in [0.1, 0.15) is 27.9 Å². The third-order valence-electron chi connectivity index (χ3n) is 3.40. The first kappa shape index (κ1) is 13.8. The van der Waals surface area contributed by atoms with Crippen molar-refractivity contribution in [2.24, 2.45) is 0 Å². The Morgan fingerprint density at radius 1 is 1.43 bits per heavy atom. The van der Waals surface area contributed by atoms with E-state index in [0.717, 1.165) is 22.9 Å². The lowest BCUT2D eigenvalue weighted by molar-refractivity contribution is 0.0937. The second-order valence-corrected chi connectivity index (χ2v) is 6.31. The number of nitrogens with one attached hydrogen (secondary N) is 2. The van der Waals surface area contributed by atoms with Crippen molar-refractivity contribution >= 4 is 28.1 Å². The molecule has 2 N–H and O–H groups in total. The average molecular weight is 299 g/mol. The van der Waals surface area contributed by atoms with Crippen LogP contribution in [0, 0.1) is 6.92 Å². The molecule has 0 spiro atoms. The third-order valence-corrected chi connectivity index (χ3v) is 4.30. The van der Waals surface area contributed by atoms with Crippen molar-refractivity contribution in [1.29, 1.82) is 0 Å². The lowest BCUT2D eigenvalue weighted by atomic mass is 10.1. The predicted octanol–water partition coefficient (Wildman–Crippen LogP) is 3.29. The maximum atomic E-state index is 12.4. The van der Waals surface area contributed by atoms with Crippen LogP contribution in [0.25, 0.3) is 10.9 Å². The normalized spacial score (nSPS) is 12.5. The molecule has 1 unspecified atom stereocenters. The predicted molar refractivity (Wildman–Crippen MR) is 85.8 cm³/mol. The molecule has 21 heavy (non-hydrogen) atoms. The molecule has 0 aliphatic rings. The highest BCUT2D eigenvalue weighted by atomic mass is 32.1. The summed E-state index contributed by atoms with van der Waals surface area (Å²) in [6.45, 7) is 4.02. The number of aryl methyl sites for hydroxylation is 1. The Kier molecular flexibility index (Phi) is 3.75. The molecule has 4 nitrogen and oxygen atoms in total. The van der Waals surface area contributed by atoms with Crippen LogP contribution in [-0.4, -0.2) is 22.1 Å². The van der Waals surface area contributed by atoms with E-state index in [4.69, 9.17) is 0 Å². The van der Waals surface area contributed by atoms with Gasteiger partial charge in [0.1, 0.15) is 0 Å². The fourth-order valence-electron chi connectivity index (χ4n) is 2.37. The van der Waals surface area contributed by atoms with Crippen LogP contribution in [0.5, 0.6) is 0 Å². The van der Waals surface area contributed by atoms with Gasteiger partial charge in [0.25, 0.3) is 5.91 Å². The summed E-state index contributed by atoms with van der Waals surface area (Å²) in [5, 5.41) is 13.0. The van der Waals surface area contributed by atoms with E-state index in [1.54, 1.807) is 11.3 Å². The molecule has 1 atom stereocenters. The standard InChI is InChI=1S/C16H17N3OS/c1-10-5-6-14-13(8-10)15(19-18-14)16(20)17-11(2)9-12-4-3-7-21-12/h3-8,11H,9H2,1-2H3,(H,17,20)(H,18,19). The summed E-state index contributed by atoms with van der Waals surface area (Å²) in [5.41, 5.74) is 2.47. The molecule has 0 saturated heterocycles. The molecular weight excluding hydrogens is 282 g/mol. The van der Waals surface area contributed by atoms with E-state index in [1.165, 1.54) is 4.88 Å². The minimum atomic E-state index is -0.129. The van der Waals surface area contributed by atoms with Crippen molar-refractivity contribution in [3.05, 3.63) is 51.8 Å². The van der Waals surface area contributed by atoms with Gasteiger partial charge in [-0.1, -0.05) is 17.7 Å². The largest absolute Gasteiger partial charge is 0.348 e. The zero-order valence-electron chi connectivity index (χ0n) is 12.0. The monoisotopic (exact) mass is 299 g/mol. The van der Waals surface area contributed by atoms with Gasteiger partial charge in [0.05, 0.1) is 5.52 Å². The molecule has 0 aliphatic carbocycles. The van der Waals surface area contributed by atoms with E-state index in [1.807, 2.05) is 43.5 Å². The second-order valence-electron chi connectivity index (χ2n) is 5.28. The first-order chi connectivity index (χ1) is 10.1. The SMILES string of the molecule is Cc1ccc2[nH]nc(C(=O)NC(C)Cc3cccs3)c2c1. The maximum absolute atomic E-state index is 12.4. The molecule has 5 heteroatoms. The van der Waals surface area contributed by atoms with E-state index >= 15 is 0 Å². The van der Waals surface area contributed by atoms with Crippen LogP contribution in [0.3, 0.4) is 0 Å². The first-order valence-electron chi connectivity index (χ1n) is 6.91. The van der Waals surface area contributed by atoms with Crippen molar-refractivity contribution in [2.75, 3.05) is 0 Å². The van der Waals surface area contributed by atoms with Gasteiger partial charge in [-0.25, -0.2) is 0 Å².